The summed E-state index contributed by atoms with van der Waals surface area (Å²) < 4.78 is 0. The molecule has 0 bridgehead atoms. The minimum Gasteiger partial charge on any atom is -0.398 e. The van der Waals surface area contributed by atoms with Crippen molar-refractivity contribution in [3.05, 3.63) is 58.7 Å². The predicted octanol–water partition coefficient (Wildman–Crippen LogP) is 5.10. The van der Waals surface area contributed by atoms with E-state index >= 15 is 0 Å². The molecule has 2 aliphatic rings. The van der Waals surface area contributed by atoms with Crippen LogP contribution in [0.3, 0.4) is 0 Å². The highest BCUT2D eigenvalue weighted by atomic mass is 14.7. The SMILES string of the molecule is CCc1cnc2c(c1)C(N)=C(c1ccc(C)cn1)CC(C1CCC1)C2C. The molecular weight excluding hydrogens is 318 g/mol. The highest BCUT2D eigenvalue weighted by Gasteiger charge is 2.37. The van der Waals surface area contributed by atoms with Crippen molar-refractivity contribution in [2.45, 2.75) is 58.8 Å². The Morgan fingerprint density at radius 1 is 1.15 bits per heavy atom. The molecule has 3 heteroatoms. The lowest BCUT2D eigenvalue weighted by atomic mass is 9.68. The molecular formula is C23H29N3. The van der Waals surface area contributed by atoms with Crippen LogP contribution in [0, 0.1) is 18.8 Å². The summed E-state index contributed by atoms with van der Waals surface area (Å²) in [6.07, 6.45) is 10.0. The van der Waals surface area contributed by atoms with Crippen molar-refractivity contribution < 1.29 is 0 Å². The third-order valence-electron chi connectivity index (χ3n) is 6.49. The number of fused-ring (bicyclic) bond motifs is 1. The van der Waals surface area contributed by atoms with Crippen molar-refractivity contribution in [1.29, 1.82) is 0 Å². The zero-order valence-electron chi connectivity index (χ0n) is 16.1. The molecule has 1 fully saturated rings. The molecule has 2 unspecified atom stereocenters. The first kappa shape index (κ1) is 17.3. The van der Waals surface area contributed by atoms with Gasteiger partial charge in [0.25, 0.3) is 0 Å². The molecule has 2 aromatic rings. The second-order valence-electron chi connectivity index (χ2n) is 8.09. The van der Waals surface area contributed by atoms with Crippen LogP contribution < -0.4 is 5.73 Å². The Morgan fingerprint density at radius 3 is 2.58 bits per heavy atom. The molecule has 0 amide bonds. The van der Waals surface area contributed by atoms with Crippen molar-refractivity contribution >= 4 is 11.3 Å². The Balaban J connectivity index is 1.87. The smallest absolute Gasteiger partial charge is 0.0682 e. The summed E-state index contributed by atoms with van der Waals surface area (Å²) in [6, 6.07) is 6.52. The van der Waals surface area contributed by atoms with Gasteiger partial charge in [0, 0.05) is 35.1 Å². The maximum absolute atomic E-state index is 6.77. The molecule has 136 valence electrons. The number of aryl methyl sites for hydroxylation is 2. The maximum Gasteiger partial charge on any atom is 0.0682 e. The van der Waals surface area contributed by atoms with E-state index < -0.39 is 0 Å². The third kappa shape index (κ3) is 2.94. The Hall–Kier alpha value is -2.16. The molecule has 0 radical (unpaired) electrons. The fourth-order valence-corrected chi connectivity index (χ4v) is 4.51. The minimum atomic E-state index is 0.433. The number of nitrogens with zero attached hydrogens (tertiary/aromatic N) is 2. The lowest BCUT2D eigenvalue weighted by Crippen LogP contribution is -2.26. The second kappa shape index (κ2) is 6.86. The molecule has 0 spiro atoms. The van der Waals surface area contributed by atoms with Gasteiger partial charge in [-0.3, -0.25) is 9.97 Å². The largest absolute Gasteiger partial charge is 0.398 e. The van der Waals surface area contributed by atoms with Crippen LogP contribution in [0.4, 0.5) is 0 Å². The van der Waals surface area contributed by atoms with E-state index in [4.69, 9.17) is 15.7 Å². The molecule has 2 N–H and O–H groups in total. The van der Waals surface area contributed by atoms with Gasteiger partial charge in [0.2, 0.25) is 0 Å². The Morgan fingerprint density at radius 2 is 1.96 bits per heavy atom. The van der Waals surface area contributed by atoms with Crippen LogP contribution >= 0.6 is 0 Å². The lowest BCUT2D eigenvalue weighted by molar-refractivity contribution is 0.184. The molecule has 0 aliphatic heterocycles. The molecule has 0 saturated heterocycles. The van der Waals surface area contributed by atoms with Crippen LogP contribution in [0.25, 0.3) is 11.3 Å². The zero-order valence-corrected chi connectivity index (χ0v) is 16.1. The van der Waals surface area contributed by atoms with Gasteiger partial charge in [-0.15, -0.1) is 0 Å². The van der Waals surface area contributed by atoms with Gasteiger partial charge in [0.15, 0.2) is 0 Å². The van der Waals surface area contributed by atoms with Crippen molar-refractivity contribution in [3.63, 3.8) is 0 Å². The number of allylic oxidation sites excluding steroid dienone is 1. The van der Waals surface area contributed by atoms with Crippen LogP contribution in [0.2, 0.25) is 0 Å². The lowest BCUT2D eigenvalue weighted by Gasteiger charge is -2.37. The van der Waals surface area contributed by atoms with Gasteiger partial charge in [0.05, 0.1) is 11.4 Å². The van der Waals surface area contributed by atoms with Crippen molar-refractivity contribution in [3.8, 4) is 0 Å². The average molecular weight is 348 g/mol. The standard InChI is InChI=1S/C23H29N3/c1-4-16-10-20-22(24)19(21-9-8-14(2)12-25-21)11-18(17-6-5-7-17)15(3)23(20)26-13-16/h8-10,12-13,15,17-18H,4-7,11,24H2,1-3H3. The average Bonchev–Trinajstić information content (AvgIpc) is 2.71. The monoisotopic (exact) mass is 347 g/mol. The summed E-state index contributed by atoms with van der Waals surface area (Å²) in [4.78, 5) is 9.59. The number of aromatic nitrogens is 2. The van der Waals surface area contributed by atoms with E-state index in [1.165, 1.54) is 41.7 Å². The molecule has 0 aromatic carbocycles. The van der Waals surface area contributed by atoms with E-state index in [9.17, 15) is 0 Å². The molecule has 26 heavy (non-hydrogen) atoms. The molecule has 4 rings (SSSR count). The number of rotatable bonds is 3. The summed E-state index contributed by atoms with van der Waals surface area (Å²) >= 11 is 0. The normalized spacial score (nSPS) is 23.3. The minimum absolute atomic E-state index is 0.433. The van der Waals surface area contributed by atoms with Crippen molar-refractivity contribution in [1.82, 2.24) is 9.97 Å². The van der Waals surface area contributed by atoms with Gasteiger partial charge >= 0.3 is 0 Å². The highest BCUT2D eigenvalue weighted by molar-refractivity contribution is 5.90. The number of hydrogen-bond acceptors (Lipinski definition) is 3. The Bertz CT molecular complexity index is 831. The van der Waals surface area contributed by atoms with E-state index in [2.05, 4.69) is 39.0 Å². The number of pyridine rings is 2. The molecule has 2 aliphatic carbocycles. The first-order valence-corrected chi connectivity index (χ1v) is 9.99. The van der Waals surface area contributed by atoms with E-state index in [1.807, 2.05) is 12.4 Å². The van der Waals surface area contributed by atoms with Crippen LogP contribution in [0.5, 0.6) is 0 Å². The van der Waals surface area contributed by atoms with Gasteiger partial charge in [-0.25, -0.2) is 0 Å². The summed E-state index contributed by atoms with van der Waals surface area (Å²) in [7, 11) is 0. The number of hydrogen-bond donors (Lipinski definition) is 1. The van der Waals surface area contributed by atoms with Crippen LogP contribution in [0.15, 0.2) is 30.6 Å². The topological polar surface area (TPSA) is 51.8 Å². The summed E-state index contributed by atoms with van der Waals surface area (Å²) in [5.41, 5.74) is 14.6. The van der Waals surface area contributed by atoms with Crippen molar-refractivity contribution in [2.75, 3.05) is 0 Å². The second-order valence-corrected chi connectivity index (χ2v) is 8.09. The summed E-state index contributed by atoms with van der Waals surface area (Å²) in [5.74, 6) is 1.82. The summed E-state index contributed by atoms with van der Waals surface area (Å²) in [5, 5.41) is 0. The molecule has 2 aromatic heterocycles. The maximum atomic E-state index is 6.77. The quantitative estimate of drug-likeness (QED) is 0.840. The van der Waals surface area contributed by atoms with Gasteiger partial charge in [-0.2, -0.15) is 0 Å². The molecule has 3 nitrogen and oxygen atoms in total. The fraction of sp³-hybridized carbons (Fsp3) is 0.478. The first-order chi connectivity index (χ1) is 12.6. The molecule has 1 saturated carbocycles. The van der Waals surface area contributed by atoms with Gasteiger partial charge in [0.1, 0.15) is 0 Å². The zero-order chi connectivity index (χ0) is 18.3. The van der Waals surface area contributed by atoms with Crippen LogP contribution in [-0.2, 0) is 6.42 Å². The van der Waals surface area contributed by atoms with Crippen LogP contribution in [0.1, 0.15) is 73.5 Å². The van der Waals surface area contributed by atoms with Gasteiger partial charge in [-0.05, 0) is 54.9 Å². The highest BCUT2D eigenvalue weighted by Crippen LogP contribution is 2.48. The van der Waals surface area contributed by atoms with Crippen LogP contribution in [-0.4, -0.2) is 9.97 Å². The molecule has 2 heterocycles. The predicted molar refractivity (Wildman–Crippen MR) is 107 cm³/mol. The third-order valence-corrected chi connectivity index (χ3v) is 6.49. The Labute approximate surface area is 156 Å². The van der Waals surface area contributed by atoms with E-state index in [-0.39, 0.29) is 0 Å². The van der Waals surface area contributed by atoms with Gasteiger partial charge in [-0.1, -0.05) is 39.2 Å². The fourth-order valence-electron chi connectivity index (χ4n) is 4.51. The van der Waals surface area contributed by atoms with Gasteiger partial charge < -0.3 is 5.73 Å². The first-order valence-electron chi connectivity index (χ1n) is 9.99. The summed E-state index contributed by atoms with van der Waals surface area (Å²) in [6.45, 7) is 6.59. The van der Waals surface area contributed by atoms with E-state index in [1.54, 1.807) is 0 Å². The van der Waals surface area contributed by atoms with Crippen molar-refractivity contribution in [2.24, 2.45) is 17.6 Å². The Kier molecular flexibility index (Phi) is 4.56. The molecule has 2 atom stereocenters. The van der Waals surface area contributed by atoms with E-state index in [0.717, 1.165) is 35.7 Å². The van der Waals surface area contributed by atoms with E-state index in [0.29, 0.717) is 11.8 Å². The number of nitrogens with two attached hydrogens (primary N) is 1.